The standard InChI is InChI=1S/C13H18N4O/c1-3-9-14-10(2)12-16-17-13(18-12)15-11-7-5-4-6-8-11/h4-8,10,14H,3,9H2,1-2H3,(H,15,17). The molecule has 2 rings (SSSR count). The third kappa shape index (κ3) is 3.30. The summed E-state index contributed by atoms with van der Waals surface area (Å²) in [6.45, 7) is 5.07. The van der Waals surface area contributed by atoms with E-state index in [-0.39, 0.29) is 6.04 Å². The van der Waals surface area contributed by atoms with Gasteiger partial charge in [0.05, 0.1) is 6.04 Å². The van der Waals surface area contributed by atoms with Crippen molar-refractivity contribution in [2.75, 3.05) is 11.9 Å². The van der Waals surface area contributed by atoms with E-state index in [4.69, 9.17) is 4.42 Å². The van der Waals surface area contributed by atoms with Gasteiger partial charge in [0.15, 0.2) is 0 Å². The van der Waals surface area contributed by atoms with Crippen molar-refractivity contribution in [2.45, 2.75) is 26.3 Å². The van der Waals surface area contributed by atoms with E-state index in [1.807, 2.05) is 37.3 Å². The van der Waals surface area contributed by atoms with Gasteiger partial charge in [0.1, 0.15) is 0 Å². The summed E-state index contributed by atoms with van der Waals surface area (Å²) >= 11 is 0. The molecule has 1 heterocycles. The fraction of sp³-hybridized carbons (Fsp3) is 0.385. The molecule has 0 bridgehead atoms. The number of nitrogens with zero attached hydrogens (tertiary/aromatic N) is 2. The molecule has 2 aromatic rings. The van der Waals surface area contributed by atoms with Crippen molar-refractivity contribution < 1.29 is 4.42 Å². The SMILES string of the molecule is CCCNC(C)c1nnc(Nc2ccccc2)o1. The molecule has 0 radical (unpaired) electrons. The molecule has 0 amide bonds. The molecule has 1 aromatic carbocycles. The molecule has 1 aromatic heterocycles. The maximum atomic E-state index is 5.55. The van der Waals surface area contributed by atoms with E-state index in [1.54, 1.807) is 0 Å². The average molecular weight is 246 g/mol. The second-order valence-corrected chi connectivity index (χ2v) is 4.11. The van der Waals surface area contributed by atoms with Gasteiger partial charge in [-0.25, -0.2) is 0 Å². The maximum Gasteiger partial charge on any atom is 0.320 e. The summed E-state index contributed by atoms with van der Waals surface area (Å²) in [6.07, 6.45) is 1.08. The van der Waals surface area contributed by atoms with E-state index < -0.39 is 0 Å². The van der Waals surface area contributed by atoms with Crippen LogP contribution in [-0.4, -0.2) is 16.7 Å². The van der Waals surface area contributed by atoms with E-state index in [0.29, 0.717) is 11.9 Å². The van der Waals surface area contributed by atoms with E-state index in [0.717, 1.165) is 18.7 Å². The zero-order valence-electron chi connectivity index (χ0n) is 10.7. The van der Waals surface area contributed by atoms with Gasteiger partial charge in [-0.05, 0) is 32.0 Å². The monoisotopic (exact) mass is 246 g/mol. The molecular weight excluding hydrogens is 228 g/mol. The Morgan fingerprint density at radius 1 is 1.22 bits per heavy atom. The summed E-state index contributed by atoms with van der Waals surface area (Å²) in [5.74, 6) is 0.599. The van der Waals surface area contributed by atoms with Crippen LogP contribution < -0.4 is 10.6 Å². The van der Waals surface area contributed by atoms with Crippen LogP contribution in [0, 0.1) is 0 Å². The Morgan fingerprint density at radius 3 is 2.72 bits per heavy atom. The highest BCUT2D eigenvalue weighted by molar-refractivity contribution is 5.50. The molecule has 0 aliphatic heterocycles. The van der Waals surface area contributed by atoms with Gasteiger partial charge in [-0.15, -0.1) is 5.10 Å². The molecule has 0 spiro atoms. The summed E-state index contributed by atoms with van der Waals surface area (Å²) in [5, 5.41) is 14.4. The number of rotatable bonds is 6. The van der Waals surface area contributed by atoms with Crippen molar-refractivity contribution in [3.05, 3.63) is 36.2 Å². The number of benzene rings is 1. The summed E-state index contributed by atoms with van der Waals surface area (Å²) in [4.78, 5) is 0. The van der Waals surface area contributed by atoms with Gasteiger partial charge < -0.3 is 15.1 Å². The first-order valence-electron chi connectivity index (χ1n) is 6.18. The van der Waals surface area contributed by atoms with Crippen LogP contribution in [0.5, 0.6) is 0 Å². The van der Waals surface area contributed by atoms with Crippen molar-refractivity contribution in [1.82, 2.24) is 15.5 Å². The Hall–Kier alpha value is -1.88. The first-order chi connectivity index (χ1) is 8.79. The summed E-state index contributed by atoms with van der Waals surface area (Å²) in [5.41, 5.74) is 0.932. The molecule has 96 valence electrons. The summed E-state index contributed by atoms with van der Waals surface area (Å²) in [6, 6.07) is 10.2. The Balaban J connectivity index is 1.98. The molecule has 5 nitrogen and oxygen atoms in total. The first-order valence-corrected chi connectivity index (χ1v) is 6.18. The fourth-order valence-electron chi connectivity index (χ4n) is 1.55. The highest BCUT2D eigenvalue weighted by Gasteiger charge is 2.12. The predicted molar refractivity (Wildman–Crippen MR) is 70.7 cm³/mol. The van der Waals surface area contributed by atoms with Crippen LogP contribution in [0.25, 0.3) is 0 Å². The van der Waals surface area contributed by atoms with Gasteiger partial charge >= 0.3 is 6.01 Å². The zero-order chi connectivity index (χ0) is 12.8. The van der Waals surface area contributed by atoms with Crippen LogP contribution in [0.1, 0.15) is 32.2 Å². The van der Waals surface area contributed by atoms with E-state index >= 15 is 0 Å². The van der Waals surface area contributed by atoms with Gasteiger partial charge in [0.25, 0.3) is 0 Å². The van der Waals surface area contributed by atoms with E-state index in [2.05, 4.69) is 27.8 Å². The molecule has 1 unspecified atom stereocenters. The summed E-state index contributed by atoms with van der Waals surface area (Å²) < 4.78 is 5.55. The highest BCUT2D eigenvalue weighted by Crippen LogP contribution is 2.17. The number of nitrogens with one attached hydrogen (secondary N) is 2. The lowest BCUT2D eigenvalue weighted by Crippen LogP contribution is -2.19. The minimum atomic E-state index is 0.0729. The van der Waals surface area contributed by atoms with Gasteiger partial charge in [0.2, 0.25) is 5.89 Å². The molecule has 2 N–H and O–H groups in total. The van der Waals surface area contributed by atoms with Crippen LogP contribution in [-0.2, 0) is 0 Å². The van der Waals surface area contributed by atoms with Gasteiger partial charge in [0, 0.05) is 5.69 Å². The van der Waals surface area contributed by atoms with E-state index in [9.17, 15) is 0 Å². The normalized spacial score (nSPS) is 12.3. The Kier molecular flexibility index (Phi) is 4.30. The van der Waals surface area contributed by atoms with E-state index in [1.165, 1.54) is 0 Å². The first kappa shape index (κ1) is 12.6. The molecule has 0 fully saturated rings. The molecular formula is C13H18N4O. The van der Waals surface area contributed by atoms with Crippen molar-refractivity contribution in [3.8, 4) is 0 Å². The van der Waals surface area contributed by atoms with Crippen molar-refractivity contribution in [3.63, 3.8) is 0 Å². The predicted octanol–water partition coefficient (Wildman–Crippen LogP) is 2.87. The number of para-hydroxylation sites is 1. The molecule has 18 heavy (non-hydrogen) atoms. The van der Waals surface area contributed by atoms with Crippen molar-refractivity contribution in [1.29, 1.82) is 0 Å². The molecule has 0 aliphatic rings. The third-order valence-corrected chi connectivity index (χ3v) is 2.54. The van der Waals surface area contributed by atoms with Crippen LogP contribution >= 0.6 is 0 Å². The lowest BCUT2D eigenvalue weighted by molar-refractivity contribution is 0.424. The molecule has 0 saturated heterocycles. The second kappa shape index (κ2) is 6.16. The van der Waals surface area contributed by atoms with Crippen LogP contribution in [0.15, 0.2) is 34.7 Å². The second-order valence-electron chi connectivity index (χ2n) is 4.11. The highest BCUT2D eigenvalue weighted by atomic mass is 16.4. The third-order valence-electron chi connectivity index (χ3n) is 2.54. The fourth-order valence-corrected chi connectivity index (χ4v) is 1.55. The topological polar surface area (TPSA) is 63.0 Å². The van der Waals surface area contributed by atoms with Gasteiger partial charge in [-0.2, -0.15) is 0 Å². The summed E-state index contributed by atoms with van der Waals surface area (Å²) in [7, 11) is 0. The lowest BCUT2D eigenvalue weighted by atomic mass is 10.3. The maximum absolute atomic E-state index is 5.55. The largest absolute Gasteiger partial charge is 0.406 e. The molecule has 5 heteroatoms. The minimum Gasteiger partial charge on any atom is -0.406 e. The Morgan fingerprint density at radius 2 is 2.00 bits per heavy atom. The van der Waals surface area contributed by atoms with Crippen LogP contribution in [0.2, 0.25) is 0 Å². The van der Waals surface area contributed by atoms with Crippen LogP contribution in [0.4, 0.5) is 11.7 Å². The van der Waals surface area contributed by atoms with Crippen molar-refractivity contribution >= 4 is 11.7 Å². The smallest absolute Gasteiger partial charge is 0.320 e. The molecule has 0 saturated carbocycles. The van der Waals surface area contributed by atoms with Gasteiger partial charge in [-0.1, -0.05) is 30.2 Å². The van der Waals surface area contributed by atoms with Crippen molar-refractivity contribution in [2.24, 2.45) is 0 Å². The number of hydrogen-bond donors (Lipinski definition) is 2. The molecule has 1 atom stereocenters. The Bertz CT molecular complexity index is 469. The molecule has 0 aliphatic carbocycles. The minimum absolute atomic E-state index is 0.0729. The lowest BCUT2D eigenvalue weighted by Gasteiger charge is -2.07. The van der Waals surface area contributed by atoms with Crippen LogP contribution in [0.3, 0.4) is 0 Å². The van der Waals surface area contributed by atoms with Gasteiger partial charge in [-0.3, -0.25) is 0 Å². The Labute approximate surface area is 107 Å². The number of aromatic nitrogens is 2. The quantitative estimate of drug-likeness (QED) is 0.820. The number of anilines is 2. The average Bonchev–Trinajstić information content (AvgIpc) is 2.86. The number of hydrogen-bond acceptors (Lipinski definition) is 5. The zero-order valence-corrected chi connectivity index (χ0v) is 10.7.